The molecule has 0 N–H and O–H groups in total. The Balaban J connectivity index is 2.24. The fourth-order valence-electron chi connectivity index (χ4n) is 3.21. The lowest BCUT2D eigenvalue weighted by molar-refractivity contribution is -0.159. The first kappa shape index (κ1) is 11.9. The molecule has 2 aliphatic carbocycles. The van der Waals surface area contributed by atoms with Gasteiger partial charge >= 0.3 is 11.9 Å². The maximum absolute atomic E-state index is 11.7. The first-order chi connectivity index (χ1) is 7.60. The first-order valence-corrected chi connectivity index (χ1v) is 6.31. The Kier molecular flexibility index (Phi) is 3.24. The number of esters is 2. The summed E-state index contributed by atoms with van der Waals surface area (Å²) >= 11 is 3.57. The molecule has 1 unspecified atom stereocenters. The molecule has 0 radical (unpaired) electrons. The number of hydrogen-bond donors (Lipinski definition) is 0. The third kappa shape index (κ3) is 1.65. The molecule has 2 bridgehead atoms. The van der Waals surface area contributed by atoms with Gasteiger partial charge in [0.2, 0.25) is 0 Å². The molecule has 0 aromatic heterocycles. The van der Waals surface area contributed by atoms with E-state index in [9.17, 15) is 9.59 Å². The normalized spacial score (nSPS) is 40.8. The van der Waals surface area contributed by atoms with Crippen LogP contribution in [0.1, 0.15) is 12.8 Å². The Morgan fingerprint density at radius 2 is 1.62 bits per heavy atom. The standard InChI is InChI=1S/C11H15BrO4/c1-15-10(13)8-5-3-6(7(12)4-5)9(8)11(14)16-2/h5-9H,3-4H2,1-2H3/t5-,6+,7?,8+,9-/m0/s1. The van der Waals surface area contributed by atoms with Crippen molar-refractivity contribution in [2.45, 2.75) is 17.7 Å². The van der Waals surface area contributed by atoms with Crippen LogP contribution in [0.4, 0.5) is 0 Å². The van der Waals surface area contributed by atoms with Gasteiger partial charge in [0, 0.05) is 4.83 Å². The second-order valence-corrected chi connectivity index (χ2v) is 5.69. The highest BCUT2D eigenvalue weighted by Gasteiger charge is 2.58. The minimum absolute atomic E-state index is 0.210. The van der Waals surface area contributed by atoms with Gasteiger partial charge in [-0.15, -0.1) is 0 Å². The lowest BCUT2D eigenvalue weighted by atomic mass is 9.79. The molecule has 0 amide bonds. The van der Waals surface area contributed by atoms with E-state index in [-0.39, 0.29) is 35.6 Å². The fraction of sp³-hybridized carbons (Fsp3) is 0.818. The molecule has 2 aliphatic rings. The molecular weight excluding hydrogens is 276 g/mol. The lowest BCUT2D eigenvalue weighted by Crippen LogP contribution is -2.39. The van der Waals surface area contributed by atoms with Gasteiger partial charge in [-0.2, -0.15) is 0 Å². The smallest absolute Gasteiger partial charge is 0.309 e. The van der Waals surface area contributed by atoms with E-state index in [1.807, 2.05) is 0 Å². The Morgan fingerprint density at radius 3 is 2.19 bits per heavy atom. The summed E-state index contributed by atoms with van der Waals surface area (Å²) in [6.07, 6.45) is 1.85. The van der Waals surface area contributed by atoms with Crippen molar-refractivity contribution in [1.29, 1.82) is 0 Å². The van der Waals surface area contributed by atoms with E-state index < -0.39 is 0 Å². The zero-order valence-electron chi connectivity index (χ0n) is 9.31. The van der Waals surface area contributed by atoms with Crippen molar-refractivity contribution in [3.8, 4) is 0 Å². The van der Waals surface area contributed by atoms with Crippen LogP contribution in [0.5, 0.6) is 0 Å². The Labute approximate surface area is 103 Å². The van der Waals surface area contributed by atoms with Gasteiger partial charge in [0.15, 0.2) is 0 Å². The van der Waals surface area contributed by atoms with Crippen molar-refractivity contribution in [3.63, 3.8) is 0 Å². The van der Waals surface area contributed by atoms with Gasteiger partial charge in [0.1, 0.15) is 0 Å². The third-order valence-corrected chi connectivity index (χ3v) is 4.92. The lowest BCUT2D eigenvalue weighted by Gasteiger charge is -2.29. The largest absolute Gasteiger partial charge is 0.469 e. The predicted molar refractivity (Wildman–Crippen MR) is 59.9 cm³/mol. The number of hydrogen-bond acceptors (Lipinski definition) is 4. The first-order valence-electron chi connectivity index (χ1n) is 5.39. The van der Waals surface area contributed by atoms with Crippen molar-refractivity contribution in [2.24, 2.45) is 23.7 Å². The number of alkyl halides is 1. The second-order valence-electron chi connectivity index (χ2n) is 4.51. The molecule has 4 nitrogen and oxygen atoms in total. The van der Waals surface area contributed by atoms with Crippen LogP contribution in [0, 0.1) is 23.7 Å². The highest BCUT2D eigenvalue weighted by Crippen LogP contribution is 2.55. The van der Waals surface area contributed by atoms with Crippen molar-refractivity contribution >= 4 is 27.9 Å². The Morgan fingerprint density at radius 1 is 1.06 bits per heavy atom. The van der Waals surface area contributed by atoms with E-state index in [2.05, 4.69) is 15.9 Å². The number of carbonyl (C=O) groups is 2. The average Bonchev–Trinajstić information content (AvgIpc) is 2.82. The molecule has 0 saturated heterocycles. The van der Waals surface area contributed by atoms with Gasteiger partial charge in [-0.3, -0.25) is 9.59 Å². The summed E-state index contributed by atoms with van der Waals surface area (Å²) in [6, 6.07) is 0. The van der Waals surface area contributed by atoms with Crippen LogP contribution in [0.25, 0.3) is 0 Å². The van der Waals surface area contributed by atoms with Crippen molar-refractivity contribution in [3.05, 3.63) is 0 Å². The molecule has 2 fully saturated rings. The number of carbonyl (C=O) groups excluding carboxylic acids is 2. The van der Waals surface area contributed by atoms with Gasteiger partial charge in [0.05, 0.1) is 26.1 Å². The van der Waals surface area contributed by atoms with Gasteiger partial charge in [-0.1, -0.05) is 15.9 Å². The highest BCUT2D eigenvalue weighted by atomic mass is 79.9. The van der Waals surface area contributed by atoms with Crippen LogP contribution in [-0.2, 0) is 19.1 Å². The summed E-state index contributed by atoms with van der Waals surface area (Å²) < 4.78 is 9.58. The van der Waals surface area contributed by atoms with E-state index in [1.165, 1.54) is 14.2 Å². The average molecular weight is 291 g/mol. The zero-order chi connectivity index (χ0) is 11.9. The zero-order valence-corrected chi connectivity index (χ0v) is 10.9. The molecule has 0 aromatic carbocycles. The SMILES string of the molecule is COC(=O)[C@@H]1[C@@H]2CC(Br)[C@@H](C2)[C@@H]1C(=O)OC. The molecule has 2 saturated carbocycles. The topological polar surface area (TPSA) is 52.6 Å². The van der Waals surface area contributed by atoms with E-state index >= 15 is 0 Å². The third-order valence-electron chi connectivity index (χ3n) is 3.87. The van der Waals surface area contributed by atoms with E-state index in [0.29, 0.717) is 4.83 Å². The van der Waals surface area contributed by atoms with Crippen molar-refractivity contribution < 1.29 is 19.1 Å². The quantitative estimate of drug-likeness (QED) is 0.569. The monoisotopic (exact) mass is 290 g/mol. The van der Waals surface area contributed by atoms with Crippen molar-refractivity contribution in [2.75, 3.05) is 14.2 Å². The number of ether oxygens (including phenoxy) is 2. The van der Waals surface area contributed by atoms with Gasteiger partial charge in [-0.25, -0.2) is 0 Å². The van der Waals surface area contributed by atoms with Crippen LogP contribution in [-0.4, -0.2) is 31.0 Å². The summed E-state index contributed by atoms with van der Waals surface area (Å²) in [7, 11) is 2.74. The van der Waals surface area contributed by atoms with E-state index in [0.717, 1.165) is 12.8 Å². The highest BCUT2D eigenvalue weighted by molar-refractivity contribution is 9.09. The number of halogens is 1. The van der Waals surface area contributed by atoms with Gasteiger partial charge < -0.3 is 9.47 Å². The van der Waals surface area contributed by atoms with E-state index in [4.69, 9.17) is 9.47 Å². The maximum Gasteiger partial charge on any atom is 0.309 e. The molecule has 5 atom stereocenters. The van der Waals surface area contributed by atoms with Gasteiger partial charge in [-0.05, 0) is 24.7 Å². The molecule has 0 aliphatic heterocycles. The number of methoxy groups -OCH3 is 2. The summed E-state index contributed by atoms with van der Waals surface area (Å²) in [5.74, 6) is -0.737. The van der Waals surface area contributed by atoms with E-state index in [1.54, 1.807) is 0 Å². The molecule has 0 spiro atoms. The predicted octanol–water partition coefficient (Wildman–Crippen LogP) is 1.37. The fourth-order valence-corrected chi connectivity index (χ4v) is 4.24. The van der Waals surface area contributed by atoms with Crippen LogP contribution in [0.2, 0.25) is 0 Å². The molecule has 0 aromatic rings. The maximum atomic E-state index is 11.7. The molecule has 5 heteroatoms. The van der Waals surface area contributed by atoms with Crippen LogP contribution in [0.15, 0.2) is 0 Å². The van der Waals surface area contributed by atoms with Crippen LogP contribution < -0.4 is 0 Å². The summed E-state index contributed by atoms with van der Waals surface area (Å²) in [5, 5.41) is 0. The Bertz CT molecular complexity index is 317. The number of rotatable bonds is 2. The summed E-state index contributed by atoms with van der Waals surface area (Å²) in [4.78, 5) is 23.7. The summed E-state index contributed by atoms with van der Waals surface area (Å²) in [5.41, 5.74) is 0. The second kappa shape index (κ2) is 4.35. The number of fused-ring (bicyclic) bond motifs is 2. The van der Waals surface area contributed by atoms with Crippen LogP contribution in [0.3, 0.4) is 0 Å². The molecule has 2 rings (SSSR count). The van der Waals surface area contributed by atoms with Crippen molar-refractivity contribution in [1.82, 2.24) is 0 Å². The van der Waals surface area contributed by atoms with Crippen LogP contribution >= 0.6 is 15.9 Å². The minimum Gasteiger partial charge on any atom is -0.469 e. The molecule has 16 heavy (non-hydrogen) atoms. The molecule has 90 valence electrons. The Hall–Kier alpha value is -0.580. The molecular formula is C11H15BrO4. The van der Waals surface area contributed by atoms with Gasteiger partial charge in [0.25, 0.3) is 0 Å². The summed E-state index contributed by atoms with van der Waals surface area (Å²) in [6.45, 7) is 0. The molecule has 0 heterocycles. The minimum atomic E-state index is -0.333.